The van der Waals surface area contributed by atoms with E-state index >= 15 is 0 Å². The largest absolute Gasteiger partial charge is 0.377 e. The van der Waals surface area contributed by atoms with Gasteiger partial charge in [0.15, 0.2) is 0 Å². The summed E-state index contributed by atoms with van der Waals surface area (Å²) < 4.78 is 11.3. The van der Waals surface area contributed by atoms with Gasteiger partial charge >= 0.3 is 0 Å². The first kappa shape index (κ1) is 24.3. The minimum atomic E-state index is 0. The Morgan fingerprint density at radius 2 is 1.54 bits per heavy atom. The van der Waals surface area contributed by atoms with Crippen LogP contribution in [0.4, 0.5) is 0 Å². The van der Waals surface area contributed by atoms with Gasteiger partial charge in [0.2, 0.25) is 0 Å². The van der Waals surface area contributed by atoms with E-state index in [9.17, 15) is 0 Å². The first-order chi connectivity index (χ1) is 10.9. The van der Waals surface area contributed by atoms with Crippen LogP contribution in [-0.2, 0) is 34.4 Å². The minimum absolute atomic E-state index is 0. The molecule has 135 valence electrons. The molecule has 0 aromatic heterocycles. The summed E-state index contributed by atoms with van der Waals surface area (Å²) in [5.41, 5.74) is 9.74. The maximum Gasteiger partial charge on any atom is 0.0722 e. The van der Waals surface area contributed by atoms with Crippen molar-refractivity contribution in [1.82, 2.24) is 0 Å². The number of ether oxygens (including phenoxy) is 1. The molecule has 0 aliphatic heterocycles. The summed E-state index contributed by atoms with van der Waals surface area (Å²) >= 11 is 0. The molecule has 0 fully saturated rings. The van der Waals surface area contributed by atoms with Crippen LogP contribution in [0.5, 0.6) is 0 Å². The first-order valence-electron chi connectivity index (χ1n) is 8.26. The summed E-state index contributed by atoms with van der Waals surface area (Å²) in [6.45, 7) is 15.5. The van der Waals surface area contributed by atoms with Gasteiger partial charge in [0.25, 0.3) is 0 Å². The van der Waals surface area contributed by atoms with Crippen molar-refractivity contribution >= 4 is 17.4 Å². The normalized spacial score (nSPS) is 12.0. The standard InChI is InChI=1S/C19H32O2P2.V/c1-13(9-11-21-23-22)8-7-10-20-12-19-17(5)15(3)14(2)16(4)18(19)6;/h9,23H,7-8,10-12,22H2,1-6H3;/b13-9+;. The van der Waals surface area contributed by atoms with Gasteiger partial charge in [-0.25, -0.2) is 0 Å². The number of rotatable bonds is 9. The van der Waals surface area contributed by atoms with Crippen LogP contribution in [0.1, 0.15) is 53.1 Å². The Labute approximate surface area is 164 Å². The van der Waals surface area contributed by atoms with Crippen LogP contribution in [0.25, 0.3) is 0 Å². The second kappa shape index (κ2) is 12.6. The Balaban J connectivity index is 0.00000529. The maximum atomic E-state index is 5.95. The van der Waals surface area contributed by atoms with E-state index in [0.717, 1.165) is 32.7 Å². The Morgan fingerprint density at radius 1 is 1.00 bits per heavy atom. The van der Waals surface area contributed by atoms with Gasteiger partial charge in [-0.15, -0.1) is 0 Å². The van der Waals surface area contributed by atoms with Crippen LogP contribution < -0.4 is 0 Å². The molecule has 24 heavy (non-hydrogen) atoms. The number of hydrogen-bond acceptors (Lipinski definition) is 2. The third kappa shape index (κ3) is 7.29. The van der Waals surface area contributed by atoms with Gasteiger partial charge in [-0.2, -0.15) is 0 Å². The fraction of sp³-hybridized carbons (Fsp3) is 0.579. The molecular weight excluding hydrogens is 373 g/mol. The molecule has 0 heterocycles. The summed E-state index contributed by atoms with van der Waals surface area (Å²) in [7, 11) is 3.08. The van der Waals surface area contributed by atoms with E-state index in [4.69, 9.17) is 9.26 Å². The summed E-state index contributed by atoms with van der Waals surface area (Å²) in [6, 6.07) is 0. The molecule has 0 aliphatic rings. The topological polar surface area (TPSA) is 18.5 Å². The second-order valence-electron chi connectivity index (χ2n) is 6.24. The van der Waals surface area contributed by atoms with Crippen LogP contribution >= 0.6 is 17.4 Å². The predicted octanol–water partition coefficient (Wildman–Crippen LogP) is 5.87. The van der Waals surface area contributed by atoms with Gasteiger partial charge in [0.05, 0.1) is 13.2 Å². The molecule has 0 saturated heterocycles. The van der Waals surface area contributed by atoms with E-state index in [1.807, 2.05) is 0 Å². The average Bonchev–Trinajstić information content (AvgIpc) is 2.54. The SMILES string of the molecule is C/C(=C\COPP)CCCOCc1c(C)c(C)c(C)c(C)c1C.[V]. The van der Waals surface area contributed by atoms with E-state index in [1.165, 1.54) is 39.0 Å². The maximum absolute atomic E-state index is 5.95. The van der Waals surface area contributed by atoms with Crippen LogP contribution in [0.15, 0.2) is 11.6 Å². The number of allylic oxidation sites excluding steroid dienone is 1. The van der Waals surface area contributed by atoms with Crippen molar-refractivity contribution in [2.75, 3.05) is 13.2 Å². The molecule has 0 spiro atoms. The molecule has 0 N–H and O–H groups in total. The molecule has 2 atom stereocenters. The Bertz CT molecular complexity index is 528. The fourth-order valence-corrected chi connectivity index (χ4v) is 3.22. The Kier molecular flexibility index (Phi) is 12.8. The van der Waals surface area contributed by atoms with Crippen molar-refractivity contribution in [3.05, 3.63) is 45.0 Å². The van der Waals surface area contributed by atoms with E-state index in [0.29, 0.717) is 8.50 Å². The monoisotopic (exact) mass is 405 g/mol. The molecule has 1 aromatic rings. The predicted molar refractivity (Wildman–Crippen MR) is 107 cm³/mol. The van der Waals surface area contributed by atoms with Gasteiger partial charge in [0.1, 0.15) is 0 Å². The third-order valence-corrected chi connectivity index (χ3v) is 5.69. The average molecular weight is 405 g/mol. The van der Waals surface area contributed by atoms with Crippen molar-refractivity contribution < 1.29 is 27.8 Å². The molecule has 0 bridgehead atoms. The van der Waals surface area contributed by atoms with Crippen molar-refractivity contribution in [3.8, 4) is 0 Å². The van der Waals surface area contributed by atoms with Crippen molar-refractivity contribution in [1.29, 1.82) is 0 Å². The van der Waals surface area contributed by atoms with E-state index < -0.39 is 0 Å². The Morgan fingerprint density at radius 3 is 2.08 bits per heavy atom. The fourth-order valence-electron chi connectivity index (χ4n) is 2.76. The zero-order chi connectivity index (χ0) is 17.4. The smallest absolute Gasteiger partial charge is 0.0722 e. The van der Waals surface area contributed by atoms with E-state index in [1.54, 1.807) is 0 Å². The quantitative estimate of drug-likeness (QED) is 0.291. The first-order valence-corrected chi connectivity index (χ1v) is 11.0. The van der Waals surface area contributed by atoms with Crippen molar-refractivity contribution in [3.63, 3.8) is 0 Å². The molecule has 0 amide bonds. The molecule has 1 rings (SSSR count). The Hall–Kier alpha value is 0.324. The summed E-state index contributed by atoms with van der Waals surface area (Å²) in [5.74, 6) is 0. The molecule has 2 unspecified atom stereocenters. The molecule has 1 radical (unpaired) electrons. The number of benzene rings is 1. The van der Waals surface area contributed by atoms with Gasteiger partial charge < -0.3 is 9.26 Å². The van der Waals surface area contributed by atoms with Crippen LogP contribution in [-0.4, -0.2) is 13.2 Å². The van der Waals surface area contributed by atoms with Gasteiger partial charge in [-0.05, 0) is 87.8 Å². The molecule has 1 aromatic carbocycles. The number of hydrogen-bond donors (Lipinski definition) is 0. The van der Waals surface area contributed by atoms with Crippen molar-refractivity contribution in [2.45, 2.75) is 61.0 Å². The van der Waals surface area contributed by atoms with E-state index in [-0.39, 0.29) is 18.6 Å². The van der Waals surface area contributed by atoms with Gasteiger partial charge in [-0.3, -0.25) is 0 Å². The zero-order valence-corrected chi connectivity index (χ0v) is 19.5. The molecule has 2 nitrogen and oxygen atoms in total. The summed E-state index contributed by atoms with van der Waals surface area (Å²) in [6.07, 6.45) is 4.30. The second-order valence-corrected chi connectivity index (χ2v) is 7.47. The zero-order valence-electron chi connectivity index (χ0n) is 16.0. The van der Waals surface area contributed by atoms with Crippen LogP contribution in [0.3, 0.4) is 0 Å². The minimum Gasteiger partial charge on any atom is -0.377 e. The summed E-state index contributed by atoms with van der Waals surface area (Å²) in [5, 5.41) is 0. The van der Waals surface area contributed by atoms with Crippen LogP contribution in [0.2, 0.25) is 0 Å². The molecule has 5 heteroatoms. The summed E-state index contributed by atoms with van der Waals surface area (Å²) in [4.78, 5) is 0. The van der Waals surface area contributed by atoms with E-state index in [2.05, 4.69) is 56.5 Å². The molecule has 0 aliphatic carbocycles. The molecule has 0 saturated carbocycles. The molecular formula is C19H32O2P2V. The third-order valence-electron chi connectivity index (χ3n) is 4.86. The van der Waals surface area contributed by atoms with Gasteiger partial charge in [-0.1, -0.05) is 20.6 Å². The van der Waals surface area contributed by atoms with Gasteiger partial charge in [0, 0.05) is 33.7 Å². The van der Waals surface area contributed by atoms with Crippen molar-refractivity contribution in [2.24, 2.45) is 0 Å². The van der Waals surface area contributed by atoms with Crippen LogP contribution in [0, 0.1) is 34.6 Å².